The molecule has 2 nitrogen and oxygen atoms in total. The maximum atomic E-state index is 11.0. The van der Waals surface area contributed by atoms with Crippen LogP contribution in [0, 0.1) is 5.41 Å². The third kappa shape index (κ3) is 2.21. The lowest BCUT2D eigenvalue weighted by molar-refractivity contribution is -0.148. The van der Waals surface area contributed by atoms with Crippen LogP contribution < -0.4 is 0 Å². The summed E-state index contributed by atoms with van der Waals surface area (Å²) in [6.07, 6.45) is 3.66. The van der Waals surface area contributed by atoms with Gasteiger partial charge in [-0.15, -0.1) is 0 Å². The molecule has 0 aliphatic carbocycles. The van der Waals surface area contributed by atoms with Crippen LogP contribution in [0.15, 0.2) is 12.2 Å². The Kier molecular flexibility index (Phi) is 3.13. The standard InChI is InChI=1S/C8H14O2/c1-5-6-8(2,3)7(9)10-4/h5-6H,1-4H3. The number of carbonyl (C=O) groups is 1. The maximum Gasteiger partial charge on any atom is 0.315 e. The summed E-state index contributed by atoms with van der Waals surface area (Å²) in [6.45, 7) is 5.52. The summed E-state index contributed by atoms with van der Waals surface area (Å²) in [7, 11) is 1.40. The molecule has 0 aromatic carbocycles. The molecule has 0 aliphatic heterocycles. The minimum Gasteiger partial charge on any atom is -0.468 e. The smallest absolute Gasteiger partial charge is 0.315 e. The number of allylic oxidation sites excluding steroid dienone is 1. The molecule has 0 unspecified atom stereocenters. The molecule has 10 heavy (non-hydrogen) atoms. The summed E-state index contributed by atoms with van der Waals surface area (Å²) in [6, 6.07) is 0. The van der Waals surface area contributed by atoms with E-state index in [4.69, 9.17) is 0 Å². The topological polar surface area (TPSA) is 26.3 Å². The minimum absolute atomic E-state index is 0.203. The fourth-order valence-electron chi connectivity index (χ4n) is 0.748. The van der Waals surface area contributed by atoms with Crippen LogP contribution in [0.25, 0.3) is 0 Å². The number of carbonyl (C=O) groups excluding carboxylic acids is 1. The molecule has 0 N–H and O–H groups in total. The van der Waals surface area contributed by atoms with Crippen LogP contribution in [0.4, 0.5) is 0 Å². The molecular weight excluding hydrogens is 128 g/mol. The Morgan fingerprint density at radius 2 is 2.00 bits per heavy atom. The van der Waals surface area contributed by atoms with Crippen molar-refractivity contribution in [2.45, 2.75) is 20.8 Å². The van der Waals surface area contributed by atoms with Gasteiger partial charge in [0.05, 0.1) is 12.5 Å². The van der Waals surface area contributed by atoms with Crippen molar-refractivity contribution in [1.29, 1.82) is 0 Å². The first kappa shape index (κ1) is 9.21. The fourth-order valence-corrected chi connectivity index (χ4v) is 0.748. The Morgan fingerprint density at radius 1 is 1.50 bits per heavy atom. The zero-order valence-electron chi connectivity index (χ0n) is 6.97. The maximum absolute atomic E-state index is 11.0. The summed E-state index contributed by atoms with van der Waals surface area (Å²) in [4.78, 5) is 11.0. The van der Waals surface area contributed by atoms with Gasteiger partial charge in [0.15, 0.2) is 0 Å². The second-order valence-electron chi connectivity index (χ2n) is 2.71. The van der Waals surface area contributed by atoms with E-state index < -0.39 is 5.41 Å². The number of hydrogen-bond donors (Lipinski definition) is 0. The van der Waals surface area contributed by atoms with E-state index >= 15 is 0 Å². The molecule has 0 rings (SSSR count). The van der Waals surface area contributed by atoms with Crippen molar-refractivity contribution >= 4 is 5.97 Å². The molecule has 0 saturated carbocycles. The predicted octanol–water partition coefficient (Wildman–Crippen LogP) is 1.76. The van der Waals surface area contributed by atoms with Crippen molar-refractivity contribution < 1.29 is 9.53 Å². The Labute approximate surface area is 61.9 Å². The molecule has 0 aromatic rings. The van der Waals surface area contributed by atoms with Gasteiger partial charge in [0.2, 0.25) is 0 Å². The van der Waals surface area contributed by atoms with Crippen LogP contribution in [-0.4, -0.2) is 13.1 Å². The molecule has 0 amide bonds. The van der Waals surface area contributed by atoms with Gasteiger partial charge >= 0.3 is 5.97 Å². The van der Waals surface area contributed by atoms with Crippen LogP contribution in [0.1, 0.15) is 20.8 Å². The molecule has 0 aromatic heterocycles. The average Bonchev–Trinajstić information content (AvgIpc) is 1.86. The van der Waals surface area contributed by atoms with Gasteiger partial charge in [0, 0.05) is 0 Å². The van der Waals surface area contributed by atoms with Gasteiger partial charge in [-0.3, -0.25) is 4.79 Å². The summed E-state index contributed by atoms with van der Waals surface area (Å²) in [5.74, 6) is -0.203. The van der Waals surface area contributed by atoms with Gasteiger partial charge < -0.3 is 4.74 Å². The first-order valence-corrected chi connectivity index (χ1v) is 3.27. The molecule has 0 spiro atoms. The van der Waals surface area contributed by atoms with Crippen LogP contribution in [0.3, 0.4) is 0 Å². The van der Waals surface area contributed by atoms with Gasteiger partial charge in [0.25, 0.3) is 0 Å². The second-order valence-corrected chi connectivity index (χ2v) is 2.71. The van der Waals surface area contributed by atoms with Crippen molar-refractivity contribution in [2.75, 3.05) is 7.11 Å². The molecule has 58 valence electrons. The Hall–Kier alpha value is -0.790. The minimum atomic E-state index is -0.483. The van der Waals surface area contributed by atoms with Gasteiger partial charge in [-0.2, -0.15) is 0 Å². The van der Waals surface area contributed by atoms with Crippen molar-refractivity contribution in [1.82, 2.24) is 0 Å². The quantitative estimate of drug-likeness (QED) is 0.434. The first-order valence-electron chi connectivity index (χ1n) is 3.27. The van der Waals surface area contributed by atoms with E-state index in [0.29, 0.717) is 0 Å². The second kappa shape index (κ2) is 3.40. The van der Waals surface area contributed by atoms with Gasteiger partial charge in [0.1, 0.15) is 0 Å². The number of hydrogen-bond acceptors (Lipinski definition) is 2. The zero-order valence-corrected chi connectivity index (χ0v) is 6.97. The van der Waals surface area contributed by atoms with Gasteiger partial charge in [-0.05, 0) is 20.8 Å². The normalized spacial score (nSPS) is 12.0. The van der Waals surface area contributed by atoms with Crippen molar-refractivity contribution in [3.05, 3.63) is 12.2 Å². The molecule has 2 heteroatoms. The Balaban J connectivity index is 4.24. The zero-order chi connectivity index (χ0) is 8.20. The molecule has 0 heterocycles. The Bertz CT molecular complexity index is 145. The van der Waals surface area contributed by atoms with E-state index in [2.05, 4.69) is 4.74 Å². The third-order valence-electron chi connectivity index (χ3n) is 1.29. The van der Waals surface area contributed by atoms with Crippen molar-refractivity contribution in [3.63, 3.8) is 0 Å². The summed E-state index contributed by atoms with van der Waals surface area (Å²) >= 11 is 0. The monoisotopic (exact) mass is 142 g/mol. The van der Waals surface area contributed by atoms with E-state index in [1.54, 1.807) is 0 Å². The lowest BCUT2D eigenvalue weighted by Crippen LogP contribution is -2.22. The number of methoxy groups -OCH3 is 1. The van der Waals surface area contributed by atoms with E-state index in [-0.39, 0.29) is 5.97 Å². The first-order chi connectivity index (χ1) is 4.54. The molecular formula is C8H14O2. The van der Waals surface area contributed by atoms with E-state index in [1.165, 1.54) is 7.11 Å². The Morgan fingerprint density at radius 3 is 2.30 bits per heavy atom. The summed E-state index contributed by atoms with van der Waals surface area (Å²) in [5.41, 5.74) is -0.483. The molecule has 0 fully saturated rings. The number of ether oxygens (including phenoxy) is 1. The lowest BCUT2D eigenvalue weighted by Gasteiger charge is -2.15. The van der Waals surface area contributed by atoms with E-state index in [0.717, 1.165) is 0 Å². The highest BCUT2D eigenvalue weighted by atomic mass is 16.5. The predicted molar refractivity (Wildman–Crippen MR) is 40.6 cm³/mol. The summed E-state index contributed by atoms with van der Waals surface area (Å²) in [5, 5.41) is 0. The van der Waals surface area contributed by atoms with Crippen LogP contribution >= 0.6 is 0 Å². The highest BCUT2D eigenvalue weighted by Gasteiger charge is 2.24. The molecule has 0 saturated heterocycles. The third-order valence-corrected chi connectivity index (χ3v) is 1.29. The SMILES string of the molecule is CC=CC(C)(C)C(=O)OC. The number of esters is 1. The van der Waals surface area contributed by atoms with Crippen LogP contribution in [0.2, 0.25) is 0 Å². The van der Waals surface area contributed by atoms with Gasteiger partial charge in [-0.25, -0.2) is 0 Å². The molecule has 0 bridgehead atoms. The number of rotatable bonds is 2. The molecule has 0 atom stereocenters. The highest BCUT2D eigenvalue weighted by Crippen LogP contribution is 2.18. The van der Waals surface area contributed by atoms with Crippen molar-refractivity contribution in [3.8, 4) is 0 Å². The van der Waals surface area contributed by atoms with Gasteiger partial charge in [-0.1, -0.05) is 12.2 Å². The highest BCUT2D eigenvalue weighted by molar-refractivity contribution is 5.77. The largest absolute Gasteiger partial charge is 0.468 e. The van der Waals surface area contributed by atoms with Crippen LogP contribution in [0.5, 0.6) is 0 Å². The molecule has 0 aliphatic rings. The van der Waals surface area contributed by atoms with Crippen LogP contribution in [-0.2, 0) is 9.53 Å². The lowest BCUT2D eigenvalue weighted by atomic mass is 9.93. The average molecular weight is 142 g/mol. The summed E-state index contributed by atoms with van der Waals surface area (Å²) < 4.78 is 4.58. The van der Waals surface area contributed by atoms with Crippen molar-refractivity contribution in [2.24, 2.45) is 5.41 Å². The molecule has 0 radical (unpaired) electrons. The van der Waals surface area contributed by atoms with E-state index in [9.17, 15) is 4.79 Å². The van der Waals surface area contributed by atoms with E-state index in [1.807, 2.05) is 32.9 Å². The fraction of sp³-hybridized carbons (Fsp3) is 0.625.